The van der Waals surface area contributed by atoms with E-state index in [1.54, 1.807) is 0 Å². The van der Waals surface area contributed by atoms with Crippen molar-refractivity contribution in [3.05, 3.63) is 17.9 Å². The quantitative estimate of drug-likeness (QED) is 0.789. The summed E-state index contributed by atoms with van der Waals surface area (Å²) in [6, 6.07) is 0.674. The molecule has 0 atom stereocenters. The van der Waals surface area contributed by atoms with Crippen molar-refractivity contribution in [2.24, 2.45) is 0 Å². The third kappa shape index (κ3) is 3.05. The van der Waals surface area contributed by atoms with Crippen LogP contribution in [0.4, 0.5) is 8.28 Å². The van der Waals surface area contributed by atoms with Crippen LogP contribution in [0.15, 0.2) is 21.9 Å². The summed E-state index contributed by atoms with van der Waals surface area (Å²) < 4.78 is 73.7. The van der Waals surface area contributed by atoms with Crippen molar-refractivity contribution in [1.82, 2.24) is 0 Å². The largest absolute Gasteiger partial charge is 0.495 e. The Balaban J connectivity index is 3.73. The van der Waals surface area contributed by atoms with Gasteiger partial charge in [-0.15, -0.1) is 3.89 Å². The van der Waals surface area contributed by atoms with Gasteiger partial charge in [0, 0.05) is 16.7 Å². The normalized spacial score (nSPS) is 12.5. The van der Waals surface area contributed by atoms with Crippen molar-refractivity contribution in [3.63, 3.8) is 0 Å². The summed E-state index contributed by atoms with van der Waals surface area (Å²) in [6.45, 7) is 0. The average Bonchev–Trinajstić information content (AvgIpc) is 2.13. The van der Waals surface area contributed by atoms with Gasteiger partial charge in [0.1, 0.15) is 21.4 Å². The molecule has 0 heterocycles. The first kappa shape index (κ1) is 14.1. The molecule has 0 saturated carbocycles. The van der Waals surface area contributed by atoms with Crippen LogP contribution in [0.25, 0.3) is 0 Å². The fourth-order valence-electron chi connectivity index (χ4n) is 1.05. The van der Waals surface area contributed by atoms with Crippen LogP contribution in [0, 0.1) is 5.82 Å². The van der Waals surface area contributed by atoms with Crippen LogP contribution >= 0.6 is 10.7 Å². The van der Waals surface area contributed by atoms with E-state index in [0.29, 0.717) is 6.07 Å². The van der Waals surface area contributed by atoms with E-state index >= 15 is 0 Å². The van der Waals surface area contributed by atoms with Crippen LogP contribution < -0.4 is 4.74 Å². The third-order valence-corrected chi connectivity index (χ3v) is 3.92. The van der Waals surface area contributed by atoms with Gasteiger partial charge in [-0.3, -0.25) is 0 Å². The van der Waals surface area contributed by atoms with Crippen LogP contribution in [0.3, 0.4) is 0 Å². The number of hydrogen-bond donors (Lipinski definition) is 0. The van der Waals surface area contributed by atoms with Gasteiger partial charge in [-0.2, -0.15) is 8.42 Å². The van der Waals surface area contributed by atoms with Gasteiger partial charge >= 0.3 is 10.2 Å². The zero-order chi connectivity index (χ0) is 13.4. The number of halogens is 3. The van der Waals surface area contributed by atoms with E-state index in [2.05, 4.69) is 4.74 Å². The molecule has 5 nitrogen and oxygen atoms in total. The van der Waals surface area contributed by atoms with Crippen LogP contribution in [0.2, 0.25) is 0 Å². The summed E-state index contributed by atoms with van der Waals surface area (Å²) in [5, 5.41) is 0. The molecule has 0 radical (unpaired) electrons. The fraction of sp³-hybridized carbons (Fsp3) is 0.143. The topological polar surface area (TPSA) is 77.5 Å². The molecule has 1 aromatic rings. The van der Waals surface area contributed by atoms with Crippen molar-refractivity contribution in [2.45, 2.75) is 9.79 Å². The van der Waals surface area contributed by atoms with Gasteiger partial charge in [-0.1, -0.05) is 0 Å². The molecule has 0 fully saturated rings. The maximum Gasteiger partial charge on any atom is 0.335 e. The number of rotatable bonds is 3. The van der Waals surface area contributed by atoms with Gasteiger partial charge in [0.2, 0.25) is 0 Å². The fourth-order valence-corrected chi connectivity index (χ4v) is 2.67. The molecule has 0 aromatic heterocycles. The van der Waals surface area contributed by atoms with E-state index in [1.807, 2.05) is 0 Å². The SMILES string of the molecule is COc1cc(F)c(S(=O)(=O)Cl)cc1S(=O)(=O)F. The van der Waals surface area contributed by atoms with Gasteiger partial charge in [0.15, 0.2) is 0 Å². The minimum Gasteiger partial charge on any atom is -0.495 e. The monoisotopic (exact) mass is 306 g/mol. The van der Waals surface area contributed by atoms with E-state index in [4.69, 9.17) is 10.7 Å². The lowest BCUT2D eigenvalue weighted by Crippen LogP contribution is -2.03. The summed E-state index contributed by atoms with van der Waals surface area (Å²) in [4.78, 5) is -2.25. The van der Waals surface area contributed by atoms with Crippen molar-refractivity contribution in [3.8, 4) is 5.75 Å². The maximum absolute atomic E-state index is 13.2. The second kappa shape index (κ2) is 4.39. The Labute approximate surface area is 101 Å². The van der Waals surface area contributed by atoms with Gasteiger partial charge in [-0.25, -0.2) is 12.8 Å². The zero-order valence-electron chi connectivity index (χ0n) is 8.15. The highest BCUT2D eigenvalue weighted by atomic mass is 35.7. The maximum atomic E-state index is 13.2. The number of ether oxygens (including phenoxy) is 1. The number of benzene rings is 1. The molecule has 96 valence electrons. The van der Waals surface area contributed by atoms with Crippen molar-refractivity contribution in [1.29, 1.82) is 0 Å². The highest BCUT2D eigenvalue weighted by Gasteiger charge is 2.26. The van der Waals surface area contributed by atoms with E-state index in [-0.39, 0.29) is 6.07 Å². The minimum absolute atomic E-state index is 0.256. The Bertz CT molecular complexity index is 653. The van der Waals surface area contributed by atoms with Gasteiger partial charge in [0.25, 0.3) is 9.05 Å². The Morgan fingerprint density at radius 1 is 1.18 bits per heavy atom. The first-order valence-electron chi connectivity index (χ1n) is 3.84. The van der Waals surface area contributed by atoms with Crippen molar-refractivity contribution >= 4 is 30.0 Å². The molecular weight excluding hydrogens is 302 g/mol. The highest BCUT2D eigenvalue weighted by Crippen LogP contribution is 2.31. The Morgan fingerprint density at radius 2 is 1.71 bits per heavy atom. The molecule has 0 bridgehead atoms. The predicted molar refractivity (Wildman–Crippen MR) is 54.3 cm³/mol. The minimum atomic E-state index is -5.26. The lowest BCUT2D eigenvalue weighted by atomic mass is 10.3. The summed E-state index contributed by atoms with van der Waals surface area (Å²) in [6.07, 6.45) is 0. The van der Waals surface area contributed by atoms with E-state index in [1.165, 1.54) is 0 Å². The van der Waals surface area contributed by atoms with E-state index in [0.717, 1.165) is 7.11 Å². The summed E-state index contributed by atoms with van der Waals surface area (Å²) in [5.74, 6) is -2.00. The summed E-state index contributed by atoms with van der Waals surface area (Å²) in [5.41, 5.74) is 0. The lowest BCUT2D eigenvalue weighted by Gasteiger charge is -2.07. The molecule has 1 aromatic carbocycles. The van der Waals surface area contributed by atoms with Gasteiger partial charge < -0.3 is 4.74 Å². The summed E-state index contributed by atoms with van der Waals surface area (Å²) >= 11 is 0. The van der Waals surface area contributed by atoms with E-state index in [9.17, 15) is 25.1 Å². The smallest absolute Gasteiger partial charge is 0.335 e. The number of hydrogen-bond acceptors (Lipinski definition) is 5. The van der Waals surface area contributed by atoms with Gasteiger partial charge in [0.05, 0.1) is 7.11 Å². The molecule has 0 N–H and O–H groups in total. The second-order valence-electron chi connectivity index (χ2n) is 2.81. The molecule has 0 aliphatic rings. The van der Waals surface area contributed by atoms with Gasteiger partial charge in [-0.05, 0) is 6.07 Å². The zero-order valence-corrected chi connectivity index (χ0v) is 10.5. The Kier molecular flexibility index (Phi) is 3.65. The molecule has 0 aliphatic heterocycles. The van der Waals surface area contributed by atoms with E-state index < -0.39 is 40.6 Å². The van der Waals surface area contributed by atoms with Crippen LogP contribution in [-0.4, -0.2) is 23.9 Å². The third-order valence-electron chi connectivity index (χ3n) is 1.74. The average molecular weight is 307 g/mol. The number of methoxy groups -OCH3 is 1. The van der Waals surface area contributed by atoms with Crippen LogP contribution in [0.1, 0.15) is 0 Å². The molecule has 0 saturated heterocycles. The second-order valence-corrected chi connectivity index (χ2v) is 6.66. The standard InChI is InChI=1S/C7H5ClF2O5S2/c1-15-5-2-4(9)6(16(8,11)12)3-7(5)17(10,13)14/h2-3H,1H3. The molecule has 0 unspecified atom stereocenters. The molecule has 0 amide bonds. The van der Waals surface area contributed by atoms with Crippen LogP contribution in [0.5, 0.6) is 5.75 Å². The van der Waals surface area contributed by atoms with Crippen LogP contribution in [-0.2, 0) is 19.3 Å². The Morgan fingerprint density at radius 3 is 2.06 bits per heavy atom. The molecule has 0 spiro atoms. The predicted octanol–water partition coefficient (Wildman–Crippen LogP) is 1.42. The molecule has 1 rings (SSSR count). The molecule has 17 heavy (non-hydrogen) atoms. The first-order valence-corrected chi connectivity index (χ1v) is 7.53. The molecular formula is C7H5ClF2O5S2. The summed E-state index contributed by atoms with van der Waals surface area (Å²) in [7, 11) is -3.96. The highest BCUT2D eigenvalue weighted by molar-refractivity contribution is 8.13. The Hall–Kier alpha value is -0.930. The molecule has 0 aliphatic carbocycles. The molecule has 10 heteroatoms. The first-order chi connectivity index (χ1) is 7.57. The van der Waals surface area contributed by atoms with Crippen molar-refractivity contribution in [2.75, 3.05) is 7.11 Å². The lowest BCUT2D eigenvalue weighted by molar-refractivity contribution is 0.395. The van der Waals surface area contributed by atoms with Crippen molar-refractivity contribution < 1.29 is 29.8 Å².